The van der Waals surface area contributed by atoms with E-state index in [-0.39, 0.29) is 24.5 Å². The summed E-state index contributed by atoms with van der Waals surface area (Å²) in [6.07, 6.45) is 5.91. The predicted octanol–water partition coefficient (Wildman–Crippen LogP) is 3.04. The third-order valence-corrected chi connectivity index (χ3v) is 5.46. The Balaban J connectivity index is 1.78. The highest BCUT2D eigenvalue weighted by molar-refractivity contribution is 6.30. The van der Waals surface area contributed by atoms with E-state index in [1.165, 1.54) is 0 Å². The number of hydrogen-bond donors (Lipinski definition) is 2. The molecule has 2 saturated carbocycles. The van der Waals surface area contributed by atoms with Crippen molar-refractivity contribution in [1.29, 1.82) is 0 Å². The molecule has 2 fully saturated rings. The van der Waals surface area contributed by atoms with Crippen molar-refractivity contribution in [2.45, 2.75) is 50.0 Å². The van der Waals surface area contributed by atoms with Gasteiger partial charge in [-0.3, -0.25) is 4.79 Å². The first-order valence-electron chi connectivity index (χ1n) is 7.83. The molecule has 1 amide bonds. The van der Waals surface area contributed by atoms with Crippen LogP contribution in [0.1, 0.15) is 44.1 Å². The van der Waals surface area contributed by atoms with Crippen LogP contribution < -0.4 is 5.32 Å². The Labute approximate surface area is 130 Å². The van der Waals surface area contributed by atoms with Gasteiger partial charge in [0.15, 0.2) is 0 Å². The summed E-state index contributed by atoms with van der Waals surface area (Å²) in [7, 11) is 0. The summed E-state index contributed by atoms with van der Waals surface area (Å²) in [5.74, 6) is 0.326. The molecule has 3 rings (SSSR count). The average molecular weight is 308 g/mol. The Hall–Kier alpha value is -1.06. The number of rotatable bonds is 4. The topological polar surface area (TPSA) is 49.3 Å². The zero-order valence-electron chi connectivity index (χ0n) is 12.1. The maximum absolute atomic E-state index is 12.8. The van der Waals surface area contributed by atoms with Gasteiger partial charge in [0.1, 0.15) is 0 Å². The third-order valence-electron chi connectivity index (χ3n) is 5.23. The minimum atomic E-state index is -0.409. The van der Waals surface area contributed by atoms with Gasteiger partial charge in [-0.1, -0.05) is 36.6 Å². The Morgan fingerprint density at radius 1 is 1.33 bits per heavy atom. The van der Waals surface area contributed by atoms with Crippen molar-refractivity contribution >= 4 is 17.5 Å². The number of aliphatic hydroxyl groups excluding tert-OH is 1. The van der Waals surface area contributed by atoms with Crippen LogP contribution in [0.15, 0.2) is 24.3 Å². The van der Waals surface area contributed by atoms with Gasteiger partial charge in [-0.2, -0.15) is 0 Å². The van der Waals surface area contributed by atoms with E-state index in [0.29, 0.717) is 5.02 Å². The van der Waals surface area contributed by atoms with Crippen molar-refractivity contribution in [1.82, 2.24) is 5.32 Å². The summed E-state index contributed by atoms with van der Waals surface area (Å²) in [5.41, 5.74) is 0.616. The number of halogens is 1. The summed E-state index contributed by atoms with van der Waals surface area (Å²) in [5, 5.41) is 13.3. The zero-order chi connectivity index (χ0) is 14.9. The Kier molecular flexibility index (Phi) is 4.23. The van der Waals surface area contributed by atoms with Crippen molar-refractivity contribution in [3.05, 3.63) is 34.9 Å². The number of benzene rings is 1. The molecule has 2 aliphatic rings. The van der Waals surface area contributed by atoms with Crippen molar-refractivity contribution in [3.63, 3.8) is 0 Å². The average Bonchev–Trinajstić information content (AvgIpc) is 2.84. The van der Waals surface area contributed by atoms with E-state index in [2.05, 4.69) is 5.32 Å². The highest BCUT2D eigenvalue weighted by Gasteiger charge is 2.46. The summed E-state index contributed by atoms with van der Waals surface area (Å²) >= 11 is 6.09. The maximum Gasteiger partial charge on any atom is 0.230 e. The molecule has 2 aliphatic carbocycles. The van der Waals surface area contributed by atoms with Crippen molar-refractivity contribution in [2.75, 3.05) is 6.61 Å². The van der Waals surface area contributed by atoms with Crippen LogP contribution in [0.2, 0.25) is 5.02 Å². The maximum atomic E-state index is 12.8. The largest absolute Gasteiger partial charge is 0.396 e. The summed E-state index contributed by atoms with van der Waals surface area (Å²) in [6, 6.07) is 7.80. The molecule has 0 spiro atoms. The first-order chi connectivity index (χ1) is 10.2. The lowest BCUT2D eigenvalue weighted by molar-refractivity contribution is -0.131. The molecule has 2 unspecified atom stereocenters. The van der Waals surface area contributed by atoms with E-state index in [1.54, 1.807) is 0 Å². The fourth-order valence-corrected chi connectivity index (χ4v) is 3.91. The first-order valence-corrected chi connectivity index (χ1v) is 8.21. The first kappa shape index (κ1) is 14.9. The molecule has 0 saturated heterocycles. The van der Waals surface area contributed by atoms with Crippen LogP contribution in [0.3, 0.4) is 0 Å². The van der Waals surface area contributed by atoms with Gasteiger partial charge >= 0.3 is 0 Å². The molecule has 1 aromatic carbocycles. The molecular formula is C17H22ClNO2. The van der Waals surface area contributed by atoms with Gasteiger partial charge in [0.25, 0.3) is 0 Å². The minimum absolute atomic E-state index is 0.112. The van der Waals surface area contributed by atoms with Gasteiger partial charge in [0.05, 0.1) is 5.41 Å². The number of aliphatic hydroxyl groups is 1. The van der Waals surface area contributed by atoms with Gasteiger partial charge in [0.2, 0.25) is 5.91 Å². The molecule has 0 bridgehead atoms. The van der Waals surface area contributed by atoms with Gasteiger partial charge in [-0.05, 0) is 43.4 Å². The lowest BCUT2D eigenvalue weighted by atomic mass is 9.63. The molecule has 3 nitrogen and oxygen atoms in total. The number of nitrogens with one attached hydrogen (secondary N) is 1. The normalized spacial score (nSPS) is 27.1. The van der Waals surface area contributed by atoms with E-state index >= 15 is 0 Å². The standard InChI is InChI=1S/C17H22ClNO2/c18-14-6-2-5-13(10-14)17(8-3-9-17)16(21)19-15-7-1-4-12(15)11-20/h2,5-6,10,12,15,20H,1,3-4,7-9,11H2,(H,19,21). The predicted molar refractivity (Wildman–Crippen MR) is 83.3 cm³/mol. The second-order valence-electron chi connectivity index (χ2n) is 6.40. The second-order valence-corrected chi connectivity index (χ2v) is 6.84. The molecule has 114 valence electrons. The van der Waals surface area contributed by atoms with Crippen LogP contribution in [-0.2, 0) is 10.2 Å². The Morgan fingerprint density at radius 3 is 2.76 bits per heavy atom. The van der Waals surface area contributed by atoms with Gasteiger partial charge in [-0.25, -0.2) is 0 Å². The van der Waals surface area contributed by atoms with Crippen LogP contribution in [-0.4, -0.2) is 23.7 Å². The van der Waals surface area contributed by atoms with Gasteiger partial charge < -0.3 is 10.4 Å². The molecular weight excluding hydrogens is 286 g/mol. The molecule has 0 heterocycles. The van der Waals surface area contributed by atoms with E-state index < -0.39 is 5.41 Å². The van der Waals surface area contributed by atoms with Crippen molar-refractivity contribution in [2.24, 2.45) is 5.92 Å². The van der Waals surface area contributed by atoms with E-state index in [9.17, 15) is 9.90 Å². The van der Waals surface area contributed by atoms with Gasteiger partial charge in [-0.15, -0.1) is 0 Å². The zero-order valence-corrected chi connectivity index (χ0v) is 12.9. The Morgan fingerprint density at radius 2 is 2.14 bits per heavy atom. The lowest BCUT2D eigenvalue weighted by Gasteiger charge is -2.42. The summed E-state index contributed by atoms with van der Waals surface area (Å²) in [6.45, 7) is 0.162. The number of hydrogen-bond acceptors (Lipinski definition) is 2. The molecule has 4 heteroatoms. The van der Waals surface area contributed by atoms with Crippen molar-refractivity contribution in [3.8, 4) is 0 Å². The van der Waals surface area contributed by atoms with Crippen LogP contribution in [0.5, 0.6) is 0 Å². The molecule has 1 aromatic rings. The molecule has 0 aliphatic heterocycles. The lowest BCUT2D eigenvalue weighted by Crippen LogP contribution is -2.53. The van der Waals surface area contributed by atoms with Gasteiger partial charge in [0, 0.05) is 23.6 Å². The third kappa shape index (κ3) is 2.69. The van der Waals surface area contributed by atoms with Crippen LogP contribution >= 0.6 is 11.6 Å². The second kappa shape index (κ2) is 5.98. The molecule has 0 radical (unpaired) electrons. The van der Waals surface area contributed by atoms with E-state index in [0.717, 1.165) is 44.1 Å². The van der Waals surface area contributed by atoms with E-state index in [4.69, 9.17) is 11.6 Å². The molecule has 21 heavy (non-hydrogen) atoms. The number of carbonyl (C=O) groups excluding carboxylic acids is 1. The monoisotopic (exact) mass is 307 g/mol. The summed E-state index contributed by atoms with van der Waals surface area (Å²) in [4.78, 5) is 12.8. The minimum Gasteiger partial charge on any atom is -0.396 e. The fraction of sp³-hybridized carbons (Fsp3) is 0.588. The SMILES string of the molecule is O=C(NC1CCCC1CO)C1(c2cccc(Cl)c2)CCC1. The molecule has 0 aromatic heterocycles. The van der Waals surface area contributed by atoms with Crippen LogP contribution in [0.4, 0.5) is 0 Å². The van der Waals surface area contributed by atoms with Crippen LogP contribution in [0.25, 0.3) is 0 Å². The number of carbonyl (C=O) groups is 1. The smallest absolute Gasteiger partial charge is 0.230 e. The molecule has 2 atom stereocenters. The Bertz CT molecular complexity index is 527. The van der Waals surface area contributed by atoms with Crippen molar-refractivity contribution < 1.29 is 9.90 Å². The number of amides is 1. The molecule has 2 N–H and O–H groups in total. The highest BCUT2D eigenvalue weighted by Crippen LogP contribution is 2.45. The summed E-state index contributed by atoms with van der Waals surface area (Å²) < 4.78 is 0. The van der Waals surface area contributed by atoms with E-state index in [1.807, 2.05) is 24.3 Å². The quantitative estimate of drug-likeness (QED) is 0.898. The highest BCUT2D eigenvalue weighted by atomic mass is 35.5. The fourth-order valence-electron chi connectivity index (χ4n) is 3.72. The van der Waals surface area contributed by atoms with Crippen LogP contribution in [0, 0.1) is 5.92 Å².